The number of carbonyl (C=O) groups is 1. The number of benzene rings is 1. The molecule has 0 saturated carbocycles. The number of hydrogen-bond acceptors (Lipinski definition) is 6. The fourth-order valence-corrected chi connectivity index (χ4v) is 3.84. The molecule has 0 radical (unpaired) electrons. The molecule has 0 bridgehead atoms. The largest absolute Gasteiger partial charge is 0.496 e. The summed E-state index contributed by atoms with van der Waals surface area (Å²) in [5, 5.41) is 0. The van der Waals surface area contributed by atoms with Crippen LogP contribution in [0.1, 0.15) is 52.2 Å². The van der Waals surface area contributed by atoms with Gasteiger partial charge in [-0.2, -0.15) is 4.98 Å². The van der Waals surface area contributed by atoms with E-state index in [9.17, 15) is 9.59 Å². The summed E-state index contributed by atoms with van der Waals surface area (Å²) in [7, 11) is 1.65. The molecule has 156 valence electrons. The van der Waals surface area contributed by atoms with Crippen LogP contribution in [0, 0.1) is 6.92 Å². The van der Waals surface area contributed by atoms with E-state index in [-0.39, 0.29) is 17.5 Å². The van der Waals surface area contributed by atoms with Crippen molar-refractivity contribution in [2.45, 2.75) is 32.1 Å². The van der Waals surface area contributed by atoms with Crippen molar-refractivity contribution in [2.24, 2.45) is 0 Å². The number of rotatable bonds is 5. The highest BCUT2D eigenvalue weighted by atomic mass is 16.5. The molecule has 8 heteroatoms. The van der Waals surface area contributed by atoms with Gasteiger partial charge in [-0.1, -0.05) is 18.2 Å². The summed E-state index contributed by atoms with van der Waals surface area (Å²) in [4.78, 5) is 37.0. The number of nitrogens with one attached hydrogen (secondary N) is 1. The third kappa shape index (κ3) is 4.27. The molecule has 8 nitrogen and oxygen atoms in total. The summed E-state index contributed by atoms with van der Waals surface area (Å²) >= 11 is 0. The summed E-state index contributed by atoms with van der Waals surface area (Å²) in [6.07, 6.45) is 4.05. The molecule has 0 unspecified atom stereocenters. The predicted molar refractivity (Wildman–Crippen MR) is 110 cm³/mol. The van der Waals surface area contributed by atoms with Crippen LogP contribution in [0.25, 0.3) is 0 Å². The Balaban J connectivity index is 1.47. The zero-order valence-electron chi connectivity index (χ0n) is 17.1. The van der Waals surface area contributed by atoms with E-state index in [1.165, 1.54) is 0 Å². The van der Waals surface area contributed by atoms with Gasteiger partial charge in [0.15, 0.2) is 5.89 Å². The number of aryl methyl sites for hydroxylation is 1. The second kappa shape index (κ2) is 8.52. The van der Waals surface area contributed by atoms with Crippen LogP contribution in [0.2, 0.25) is 0 Å². The maximum atomic E-state index is 12.8. The molecule has 1 aromatic carbocycles. The maximum Gasteiger partial charge on any atom is 0.345 e. The van der Waals surface area contributed by atoms with Crippen molar-refractivity contribution in [3.05, 3.63) is 75.6 Å². The van der Waals surface area contributed by atoms with Crippen molar-refractivity contribution >= 4 is 5.91 Å². The third-order valence-electron chi connectivity index (χ3n) is 5.28. The zero-order valence-corrected chi connectivity index (χ0v) is 17.1. The second-order valence-electron chi connectivity index (χ2n) is 7.50. The summed E-state index contributed by atoms with van der Waals surface area (Å²) in [5.74, 6) is 1.97. The number of H-pyrrole nitrogens is 1. The van der Waals surface area contributed by atoms with E-state index in [4.69, 9.17) is 9.15 Å². The highest BCUT2D eigenvalue weighted by Gasteiger charge is 2.29. The minimum absolute atomic E-state index is 0.0113. The maximum absolute atomic E-state index is 12.8. The fourth-order valence-electron chi connectivity index (χ4n) is 3.84. The molecule has 1 aliphatic rings. The Morgan fingerprint density at radius 2 is 2.20 bits per heavy atom. The van der Waals surface area contributed by atoms with Gasteiger partial charge in [0.25, 0.3) is 5.91 Å². The average Bonchev–Trinajstić information content (AvgIpc) is 3.21. The molecule has 0 spiro atoms. The number of likely N-dealkylation sites (tertiary alicyclic amines) is 1. The quantitative estimate of drug-likeness (QED) is 0.697. The van der Waals surface area contributed by atoms with E-state index in [1.807, 2.05) is 24.3 Å². The first kappa shape index (κ1) is 19.9. The average molecular weight is 408 g/mol. The number of nitrogens with zero attached hydrogens (tertiary/aromatic N) is 3. The van der Waals surface area contributed by atoms with Gasteiger partial charge < -0.3 is 19.0 Å². The minimum Gasteiger partial charge on any atom is -0.496 e. The summed E-state index contributed by atoms with van der Waals surface area (Å²) in [5.41, 5.74) is 1.29. The van der Waals surface area contributed by atoms with Crippen molar-refractivity contribution < 1.29 is 13.9 Å². The first-order valence-electron chi connectivity index (χ1n) is 9.97. The number of ether oxygens (including phenoxy) is 1. The van der Waals surface area contributed by atoms with Gasteiger partial charge in [-0.3, -0.25) is 4.79 Å². The van der Waals surface area contributed by atoms with Crippen LogP contribution >= 0.6 is 0 Å². The number of hydrogen-bond donors (Lipinski definition) is 1. The van der Waals surface area contributed by atoms with Crippen molar-refractivity contribution in [2.75, 3.05) is 20.2 Å². The van der Waals surface area contributed by atoms with E-state index >= 15 is 0 Å². The molecule has 1 N–H and O–H groups in total. The molecular weight excluding hydrogens is 384 g/mol. The Morgan fingerprint density at radius 3 is 3.00 bits per heavy atom. The van der Waals surface area contributed by atoms with E-state index in [2.05, 4.69) is 15.0 Å². The molecule has 1 fully saturated rings. The van der Waals surface area contributed by atoms with Crippen molar-refractivity contribution in [3.8, 4) is 5.75 Å². The van der Waals surface area contributed by atoms with Gasteiger partial charge in [0.2, 0.25) is 0 Å². The zero-order chi connectivity index (χ0) is 21.1. The Hall–Kier alpha value is -3.42. The van der Waals surface area contributed by atoms with Crippen molar-refractivity contribution in [1.29, 1.82) is 0 Å². The molecule has 1 aliphatic heterocycles. The van der Waals surface area contributed by atoms with E-state index < -0.39 is 5.69 Å². The second-order valence-corrected chi connectivity index (χ2v) is 7.50. The number of piperidine rings is 1. The van der Waals surface area contributed by atoms with Crippen LogP contribution < -0.4 is 10.4 Å². The molecule has 3 aromatic rings. The Bertz CT molecular complexity index is 1100. The number of carbonyl (C=O) groups excluding carboxylic acids is 1. The number of para-hydroxylation sites is 1. The van der Waals surface area contributed by atoms with Gasteiger partial charge in [-0.15, -0.1) is 0 Å². The summed E-state index contributed by atoms with van der Waals surface area (Å²) in [6.45, 7) is 2.84. The van der Waals surface area contributed by atoms with Gasteiger partial charge in [-0.25, -0.2) is 9.78 Å². The Kier molecular flexibility index (Phi) is 5.65. The van der Waals surface area contributed by atoms with Crippen LogP contribution in [0.3, 0.4) is 0 Å². The summed E-state index contributed by atoms with van der Waals surface area (Å²) in [6, 6.07) is 9.41. The lowest BCUT2D eigenvalue weighted by Crippen LogP contribution is -2.40. The summed E-state index contributed by atoms with van der Waals surface area (Å²) < 4.78 is 11.4. The van der Waals surface area contributed by atoms with Gasteiger partial charge >= 0.3 is 5.69 Å². The third-order valence-corrected chi connectivity index (χ3v) is 5.28. The first-order valence-corrected chi connectivity index (χ1v) is 9.97. The molecule has 30 heavy (non-hydrogen) atoms. The van der Waals surface area contributed by atoms with Crippen LogP contribution in [0.5, 0.6) is 5.75 Å². The topological polar surface area (TPSA) is 101 Å². The fraction of sp³-hybridized carbons (Fsp3) is 0.364. The molecular formula is C22H24N4O4. The number of aromatic amines is 1. The van der Waals surface area contributed by atoms with E-state index in [1.54, 1.807) is 31.2 Å². The molecule has 1 amide bonds. The molecule has 0 aliphatic carbocycles. The number of aromatic nitrogens is 3. The number of amides is 1. The normalized spacial score (nSPS) is 16.5. The molecule has 3 heterocycles. The van der Waals surface area contributed by atoms with E-state index in [0.29, 0.717) is 31.1 Å². The standard InChI is InChI=1S/C22H24N4O4/c1-14-10-18(25-22(28)24-14)21(27)26-9-5-7-16(13-26)20-23-12-17(30-20)11-15-6-3-4-8-19(15)29-2/h3-4,6,8,10,12,16H,5,7,9,11,13H2,1-2H3,(H,24,25,28)/t16-/m1/s1. The van der Waals surface area contributed by atoms with Gasteiger partial charge in [0, 0.05) is 30.8 Å². The van der Waals surface area contributed by atoms with Crippen molar-refractivity contribution in [1.82, 2.24) is 19.9 Å². The highest BCUT2D eigenvalue weighted by Crippen LogP contribution is 2.29. The van der Waals surface area contributed by atoms with Crippen LogP contribution in [0.15, 0.2) is 45.7 Å². The van der Waals surface area contributed by atoms with Crippen LogP contribution in [0.4, 0.5) is 0 Å². The minimum atomic E-state index is -0.513. The first-order chi connectivity index (χ1) is 14.5. The molecule has 1 atom stereocenters. The lowest BCUT2D eigenvalue weighted by molar-refractivity contribution is 0.0691. The predicted octanol–water partition coefficient (Wildman–Crippen LogP) is 2.69. The highest BCUT2D eigenvalue weighted by molar-refractivity contribution is 5.92. The van der Waals surface area contributed by atoms with Crippen molar-refractivity contribution in [3.63, 3.8) is 0 Å². The Morgan fingerprint density at radius 1 is 1.37 bits per heavy atom. The van der Waals surface area contributed by atoms with Gasteiger partial charge in [0.05, 0.1) is 19.2 Å². The lowest BCUT2D eigenvalue weighted by Gasteiger charge is -2.31. The smallest absolute Gasteiger partial charge is 0.345 e. The SMILES string of the molecule is COc1ccccc1Cc1cnc([C@@H]2CCCN(C(=O)c3cc(C)[nH]c(=O)n3)C2)o1. The van der Waals surface area contributed by atoms with Gasteiger partial charge in [-0.05, 0) is 31.9 Å². The van der Waals surface area contributed by atoms with Crippen LogP contribution in [-0.4, -0.2) is 46.0 Å². The molecule has 1 saturated heterocycles. The number of oxazole rings is 1. The molecule has 4 rings (SSSR count). The monoisotopic (exact) mass is 408 g/mol. The van der Waals surface area contributed by atoms with Gasteiger partial charge in [0.1, 0.15) is 17.2 Å². The number of methoxy groups -OCH3 is 1. The van der Waals surface area contributed by atoms with E-state index in [0.717, 1.165) is 29.9 Å². The molecule has 2 aromatic heterocycles. The Labute approximate surface area is 173 Å². The lowest BCUT2D eigenvalue weighted by atomic mass is 9.97. The van der Waals surface area contributed by atoms with Crippen LogP contribution in [-0.2, 0) is 6.42 Å².